The van der Waals surface area contributed by atoms with Gasteiger partial charge in [0.15, 0.2) is 17.5 Å². The van der Waals surface area contributed by atoms with E-state index in [2.05, 4.69) is 144 Å². The van der Waals surface area contributed by atoms with Gasteiger partial charge in [-0.15, -0.1) is 0 Å². The second-order valence-electron chi connectivity index (χ2n) is 14.4. The average molecular weight is 731 g/mol. The number of aromatic nitrogens is 4. The Labute approximate surface area is 325 Å². The molecule has 12 rings (SSSR count). The summed E-state index contributed by atoms with van der Waals surface area (Å²) >= 11 is 0. The highest BCUT2D eigenvalue weighted by molar-refractivity contribution is 6.25. The predicted molar refractivity (Wildman–Crippen MR) is 230 cm³/mol. The first-order valence-corrected chi connectivity index (χ1v) is 19.0. The van der Waals surface area contributed by atoms with E-state index in [4.69, 9.17) is 23.8 Å². The van der Waals surface area contributed by atoms with E-state index in [9.17, 15) is 0 Å². The Balaban J connectivity index is 1.12. The molecule has 0 spiro atoms. The third-order valence-electron chi connectivity index (χ3n) is 11.0. The number of para-hydroxylation sites is 4. The number of fused-ring (bicyclic) bond motifs is 10. The Morgan fingerprint density at radius 3 is 1.86 bits per heavy atom. The lowest BCUT2D eigenvalue weighted by molar-refractivity contribution is 0.669. The largest absolute Gasteiger partial charge is 0.456 e. The van der Waals surface area contributed by atoms with Gasteiger partial charge in [0, 0.05) is 43.7 Å². The highest BCUT2D eigenvalue weighted by atomic mass is 16.3. The van der Waals surface area contributed by atoms with E-state index >= 15 is 0 Å². The molecule has 0 bridgehead atoms. The van der Waals surface area contributed by atoms with Crippen molar-refractivity contribution >= 4 is 65.7 Å². The number of benzene rings is 8. The molecule has 0 saturated carbocycles. The van der Waals surface area contributed by atoms with Gasteiger partial charge >= 0.3 is 0 Å². The molecule has 0 atom stereocenters. The quantitative estimate of drug-likeness (QED) is 0.176. The number of hydrogen-bond donors (Lipinski definition) is 0. The minimum absolute atomic E-state index is 0.529. The third-order valence-corrected chi connectivity index (χ3v) is 11.0. The smallest absolute Gasteiger partial charge is 0.167 e. The molecule has 0 aliphatic rings. The van der Waals surface area contributed by atoms with Gasteiger partial charge in [-0.1, -0.05) is 115 Å². The summed E-state index contributed by atoms with van der Waals surface area (Å²) in [6.07, 6.45) is 0. The zero-order valence-electron chi connectivity index (χ0n) is 30.4. The average Bonchev–Trinajstić information content (AvgIpc) is 3.96. The van der Waals surface area contributed by atoms with Crippen molar-refractivity contribution in [3.05, 3.63) is 182 Å². The van der Waals surface area contributed by atoms with Crippen molar-refractivity contribution in [2.24, 2.45) is 0 Å². The molecule has 0 unspecified atom stereocenters. The molecule has 0 radical (unpaired) electrons. The fraction of sp³-hybridized carbons (Fsp3) is 0. The Morgan fingerprint density at radius 1 is 0.368 bits per heavy atom. The second-order valence-corrected chi connectivity index (χ2v) is 14.4. The number of nitrogens with zero attached hydrogens (tertiary/aromatic N) is 4. The zero-order valence-corrected chi connectivity index (χ0v) is 30.4. The van der Waals surface area contributed by atoms with Gasteiger partial charge in [0.05, 0.1) is 22.0 Å². The summed E-state index contributed by atoms with van der Waals surface area (Å²) in [7, 11) is 0. The summed E-state index contributed by atoms with van der Waals surface area (Å²) in [6.45, 7) is 0. The first-order chi connectivity index (χ1) is 28.2. The van der Waals surface area contributed by atoms with Gasteiger partial charge in [0.2, 0.25) is 0 Å². The van der Waals surface area contributed by atoms with Crippen molar-refractivity contribution < 1.29 is 8.83 Å². The minimum Gasteiger partial charge on any atom is -0.456 e. The first-order valence-electron chi connectivity index (χ1n) is 19.0. The summed E-state index contributed by atoms with van der Waals surface area (Å²) in [5.74, 6) is 1.67. The van der Waals surface area contributed by atoms with Gasteiger partial charge in [0.1, 0.15) is 22.3 Å². The topological polar surface area (TPSA) is 69.9 Å². The van der Waals surface area contributed by atoms with Crippen LogP contribution in [0.1, 0.15) is 0 Å². The lowest BCUT2D eigenvalue weighted by atomic mass is 10.0. The van der Waals surface area contributed by atoms with Crippen molar-refractivity contribution in [2.75, 3.05) is 0 Å². The third kappa shape index (κ3) is 4.94. The molecule has 4 heterocycles. The maximum atomic E-state index is 6.87. The molecule has 57 heavy (non-hydrogen) atoms. The molecule has 0 aliphatic carbocycles. The van der Waals surface area contributed by atoms with Crippen LogP contribution in [0.5, 0.6) is 0 Å². The van der Waals surface area contributed by atoms with E-state index in [1.54, 1.807) is 0 Å². The Hall–Kier alpha value is -7.83. The van der Waals surface area contributed by atoms with E-state index in [1.165, 1.54) is 10.8 Å². The van der Waals surface area contributed by atoms with Crippen LogP contribution in [0.3, 0.4) is 0 Å². The second kappa shape index (κ2) is 12.3. The maximum absolute atomic E-state index is 6.87. The molecule has 0 aliphatic heterocycles. The molecule has 6 nitrogen and oxygen atoms in total. The number of hydrogen-bond acceptors (Lipinski definition) is 5. The Kier molecular flexibility index (Phi) is 6.83. The lowest BCUT2D eigenvalue weighted by Gasteiger charge is -2.10. The van der Waals surface area contributed by atoms with Gasteiger partial charge in [-0.05, 0) is 77.9 Å². The van der Waals surface area contributed by atoms with Crippen molar-refractivity contribution in [3.63, 3.8) is 0 Å². The summed E-state index contributed by atoms with van der Waals surface area (Å²) in [4.78, 5) is 15.6. The van der Waals surface area contributed by atoms with Gasteiger partial charge in [-0.2, -0.15) is 0 Å². The SMILES string of the molecule is c1ccc(-c2cccc(-c3nc(-c4ccc5oc6ccccc6c5c4)nc(-c4cccc5c4oc4ccc6c7ccccc7n(-c7ccccc7)c6c45)n3)c2)cc1. The Morgan fingerprint density at radius 2 is 1.00 bits per heavy atom. The van der Waals surface area contributed by atoms with Crippen molar-refractivity contribution in [2.45, 2.75) is 0 Å². The van der Waals surface area contributed by atoms with Crippen LogP contribution >= 0.6 is 0 Å². The molecular formula is C51H30N4O2. The van der Waals surface area contributed by atoms with Gasteiger partial charge in [-0.25, -0.2) is 15.0 Å². The van der Waals surface area contributed by atoms with Gasteiger partial charge < -0.3 is 13.4 Å². The molecule has 0 amide bonds. The zero-order chi connectivity index (χ0) is 37.5. The Bertz CT molecular complexity index is 3530. The van der Waals surface area contributed by atoms with Crippen LogP contribution in [0.25, 0.3) is 117 Å². The predicted octanol–water partition coefficient (Wildman–Crippen LogP) is 13.4. The van der Waals surface area contributed by atoms with E-state index in [-0.39, 0.29) is 0 Å². The van der Waals surface area contributed by atoms with Crippen LogP contribution in [0.15, 0.2) is 191 Å². The normalized spacial score (nSPS) is 11.9. The molecule has 12 aromatic rings. The van der Waals surface area contributed by atoms with Gasteiger partial charge in [-0.3, -0.25) is 0 Å². The van der Waals surface area contributed by atoms with E-state index < -0.39 is 0 Å². The van der Waals surface area contributed by atoms with E-state index in [1.807, 2.05) is 42.5 Å². The summed E-state index contributed by atoms with van der Waals surface area (Å²) < 4.78 is 15.4. The number of furan rings is 2. The van der Waals surface area contributed by atoms with E-state index in [0.29, 0.717) is 17.5 Å². The molecule has 8 aromatic carbocycles. The fourth-order valence-electron chi connectivity index (χ4n) is 8.45. The van der Waals surface area contributed by atoms with Crippen molar-refractivity contribution in [1.29, 1.82) is 0 Å². The molecular weight excluding hydrogens is 701 g/mol. The standard InChI is InChI=1S/C51H30N4O2/c1-3-13-31(14-4-1)32-15-11-16-33(29-32)49-52-50(34-25-27-44-41(30-34)37-20-8-10-24-43(37)56-44)54-51(53-49)40-22-12-21-39-46-45(57-48(39)40)28-26-38-36-19-7-9-23-42(36)55(47(38)46)35-17-5-2-6-18-35/h1-30H. The molecule has 0 fully saturated rings. The summed E-state index contributed by atoms with van der Waals surface area (Å²) in [5, 5.41) is 6.46. The maximum Gasteiger partial charge on any atom is 0.167 e. The van der Waals surface area contributed by atoms with Crippen LogP contribution in [0.2, 0.25) is 0 Å². The lowest BCUT2D eigenvalue weighted by Crippen LogP contribution is -2.00. The van der Waals surface area contributed by atoms with Crippen LogP contribution in [0.4, 0.5) is 0 Å². The summed E-state index contributed by atoms with van der Waals surface area (Å²) in [5.41, 5.74) is 11.3. The van der Waals surface area contributed by atoms with Crippen molar-refractivity contribution in [3.8, 4) is 51.0 Å². The molecule has 266 valence electrons. The fourth-order valence-corrected chi connectivity index (χ4v) is 8.45. The van der Waals surface area contributed by atoms with Crippen molar-refractivity contribution in [1.82, 2.24) is 19.5 Å². The number of rotatable bonds is 5. The van der Waals surface area contributed by atoms with E-state index in [0.717, 1.165) is 88.4 Å². The van der Waals surface area contributed by atoms with Crippen LogP contribution in [-0.4, -0.2) is 19.5 Å². The molecule has 0 N–H and O–H groups in total. The van der Waals surface area contributed by atoms with Crippen LogP contribution < -0.4 is 0 Å². The summed E-state index contributed by atoms with van der Waals surface area (Å²) in [6, 6.07) is 62.6. The van der Waals surface area contributed by atoms with Gasteiger partial charge in [0.25, 0.3) is 0 Å². The molecule has 4 aromatic heterocycles. The highest BCUT2D eigenvalue weighted by Gasteiger charge is 2.22. The highest BCUT2D eigenvalue weighted by Crippen LogP contribution is 2.43. The molecule has 0 saturated heterocycles. The van der Waals surface area contributed by atoms with Crippen LogP contribution in [0, 0.1) is 0 Å². The minimum atomic E-state index is 0.529. The molecule has 6 heteroatoms. The monoisotopic (exact) mass is 730 g/mol. The first kappa shape index (κ1) is 31.5. The van der Waals surface area contributed by atoms with Crippen LogP contribution in [-0.2, 0) is 0 Å².